The van der Waals surface area contributed by atoms with Crippen LogP contribution >= 0.6 is 0 Å². The van der Waals surface area contributed by atoms with Crippen LogP contribution in [0.4, 0.5) is 0 Å². The highest BCUT2D eigenvalue weighted by molar-refractivity contribution is 7.89. The van der Waals surface area contributed by atoms with Gasteiger partial charge >= 0.3 is 0 Å². The summed E-state index contributed by atoms with van der Waals surface area (Å²) in [6.07, 6.45) is 4.56. The number of rotatable bonds is 3. The van der Waals surface area contributed by atoms with Crippen LogP contribution in [0.1, 0.15) is 37.8 Å². The number of nitriles is 1. The number of pyridine rings is 1. The van der Waals surface area contributed by atoms with Crippen LogP contribution in [0.2, 0.25) is 0 Å². The topological polar surface area (TPSA) is 103 Å². The minimum Gasteiger partial charge on any atom is -0.391 e. The van der Waals surface area contributed by atoms with Crippen molar-refractivity contribution in [3.05, 3.63) is 24.0 Å². The average molecular weight is 295 g/mol. The first kappa shape index (κ1) is 14.9. The van der Waals surface area contributed by atoms with Gasteiger partial charge in [0.15, 0.2) is 0 Å². The first-order chi connectivity index (χ1) is 9.53. The summed E-state index contributed by atoms with van der Waals surface area (Å²) in [4.78, 5) is 3.76. The maximum Gasteiger partial charge on any atom is 0.242 e. The molecule has 0 radical (unpaired) electrons. The summed E-state index contributed by atoms with van der Waals surface area (Å²) in [5.74, 6) is 0. The van der Waals surface area contributed by atoms with Gasteiger partial charge in [-0.2, -0.15) is 5.26 Å². The molecule has 2 unspecified atom stereocenters. The van der Waals surface area contributed by atoms with Crippen LogP contribution in [-0.2, 0) is 10.0 Å². The summed E-state index contributed by atoms with van der Waals surface area (Å²) in [6, 6.07) is 4.08. The minimum absolute atomic E-state index is 0.00736. The van der Waals surface area contributed by atoms with Gasteiger partial charge in [-0.1, -0.05) is 19.3 Å². The lowest BCUT2D eigenvalue weighted by Crippen LogP contribution is -2.42. The number of nitrogens with zero attached hydrogens (tertiary/aromatic N) is 2. The number of hydrogen-bond donors (Lipinski definition) is 2. The molecule has 1 saturated carbocycles. The van der Waals surface area contributed by atoms with Crippen LogP contribution in [0, 0.1) is 11.3 Å². The van der Waals surface area contributed by atoms with Crippen LogP contribution in [0.15, 0.2) is 23.2 Å². The van der Waals surface area contributed by atoms with Crippen molar-refractivity contribution in [1.29, 1.82) is 5.26 Å². The number of nitrogens with one attached hydrogen (secondary N) is 1. The molecular weight excluding hydrogens is 278 g/mol. The van der Waals surface area contributed by atoms with Gasteiger partial charge in [-0.3, -0.25) is 0 Å². The van der Waals surface area contributed by atoms with E-state index in [4.69, 9.17) is 5.26 Å². The van der Waals surface area contributed by atoms with Crippen molar-refractivity contribution in [2.24, 2.45) is 0 Å². The van der Waals surface area contributed by atoms with Crippen LogP contribution in [0.25, 0.3) is 0 Å². The molecule has 108 valence electrons. The number of aliphatic hydroxyl groups excluding tert-OH is 1. The van der Waals surface area contributed by atoms with E-state index in [1.165, 1.54) is 12.1 Å². The Labute approximate surface area is 118 Å². The van der Waals surface area contributed by atoms with Crippen LogP contribution in [0.5, 0.6) is 0 Å². The van der Waals surface area contributed by atoms with Crippen LogP contribution < -0.4 is 4.72 Å². The lowest BCUT2D eigenvalue weighted by molar-refractivity contribution is 0.130. The van der Waals surface area contributed by atoms with E-state index >= 15 is 0 Å². The zero-order valence-corrected chi connectivity index (χ0v) is 11.8. The molecule has 6 nitrogen and oxygen atoms in total. The number of sulfonamides is 1. The van der Waals surface area contributed by atoms with Crippen molar-refractivity contribution in [1.82, 2.24) is 9.71 Å². The van der Waals surface area contributed by atoms with Gasteiger partial charge in [0.25, 0.3) is 0 Å². The summed E-state index contributed by atoms with van der Waals surface area (Å²) in [6.45, 7) is 0. The largest absolute Gasteiger partial charge is 0.391 e. The van der Waals surface area contributed by atoms with Crippen molar-refractivity contribution >= 4 is 10.0 Å². The van der Waals surface area contributed by atoms with E-state index in [-0.39, 0.29) is 10.6 Å². The highest BCUT2D eigenvalue weighted by atomic mass is 32.2. The third-order valence-corrected chi connectivity index (χ3v) is 4.92. The third-order valence-electron chi connectivity index (χ3n) is 3.45. The molecule has 1 aromatic rings. The number of aromatic nitrogens is 1. The molecule has 0 spiro atoms. The molecule has 0 amide bonds. The fraction of sp³-hybridized carbons (Fsp3) is 0.538. The maximum absolute atomic E-state index is 12.2. The molecule has 0 aliphatic heterocycles. The standard InChI is InChI=1S/C13H17N3O3S/c14-8-10-6-7-11(9-15-10)20(18,19)16-12-4-2-1-3-5-13(12)17/h6-7,9,12-13,16-17H,1-5H2. The van der Waals surface area contributed by atoms with E-state index in [1.54, 1.807) is 0 Å². The predicted octanol–water partition coefficient (Wildman–Crippen LogP) is 0.925. The third kappa shape index (κ3) is 3.54. The Kier molecular flexibility index (Phi) is 4.70. The molecule has 2 N–H and O–H groups in total. The summed E-state index contributed by atoms with van der Waals surface area (Å²) >= 11 is 0. The van der Waals surface area contributed by atoms with Crippen LogP contribution in [-0.4, -0.2) is 30.7 Å². The van der Waals surface area contributed by atoms with E-state index < -0.39 is 22.2 Å². The molecule has 1 aliphatic rings. The van der Waals surface area contributed by atoms with Gasteiger partial charge in [-0.15, -0.1) is 0 Å². The Morgan fingerprint density at radius 2 is 2.05 bits per heavy atom. The van der Waals surface area contributed by atoms with Gasteiger partial charge in [0.2, 0.25) is 10.0 Å². The Balaban J connectivity index is 2.15. The fourth-order valence-electron chi connectivity index (χ4n) is 2.30. The maximum atomic E-state index is 12.2. The molecule has 20 heavy (non-hydrogen) atoms. The molecule has 1 fully saturated rings. The fourth-order valence-corrected chi connectivity index (χ4v) is 3.55. The predicted molar refractivity (Wildman–Crippen MR) is 72.2 cm³/mol. The van der Waals surface area contributed by atoms with Gasteiger partial charge in [0.1, 0.15) is 16.7 Å². The van der Waals surface area contributed by atoms with Gasteiger partial charge in [-0.05, 0) is 25.0 Å². The summed E-state index contributed by atoms with van der Waals surface area (Å²) < 4.78 is 27.0. The summed E-state index contributed by atoms with van der Waals surface area (Å²) in [5.41, 5.74) is 0.165. The van der Waals surface area contributed by atoms with E-state index in [0.29, 0.717) is 12.8 Å². The smallest absolute Gasteiger partial charge is 0.242 e. The molecule has 2 atom stereocenters. The molecular formula is C13H17N3O3S. The highest BCUT2D eigenvalue weighted by Gasteiger charge is 2.27. The minimum atomic E-state index is -3.72. The Bertz CT molecular complexity index is 592. The van der Waals surface area contributed by atoms with Crippen molar-refractivity contribution in [2.75, 3.05) is 0 Å². The monoisotopic (exact) mass is 295 g/mol. The SMILES string of the molecule is N#Cc1ccc(S(=O)(=O)NC2CCCCCC2O)cn1. The Hall–Kier alpha value is -1.49. The second-order valence-corrected chi connectivity index (χ2v) is 6.64. The quantitative estimate of drug-likeness (QED) is 0.807. The second kappa shape index (κ2) is 6.31. The molecule has 2 rings (SSSR count). The van der Waals surface area contributed by atoms with Gasteiger partial charge in [0, 0.05) is 12.2 Å². The van der Waals surface area contributed by atoms with Crippen molar-refractivity contribution in [3.63, 3.8) is 0 Å². The first-order valence-corrected chi connectivity index (χ1v) is 8.08. The number of aliphatic hydroxyl groups is 1. The zero-order chi connectivity index (χ0) is 14.6. The molecule has 0 saturated heterocycles. The van der Waals surface area contributed by atoms with E-state index in [1.807, 2.05) is 6.07 Å². The van der Waals surface area contributed by atoms with Gasteiger partial charge in [0.05, 0.1) is 6.10 Å². The highest BCUT2D eigenvalue weighted by Crippen LogP contribution is 2.20. The van der Waals surface area contributed by atoms with Crippen molar-refractivity contribution in [3.8, 4) is 6.07 Å². The van der Waals surface area contributed by atoms with E-state index in [9.17, 15) is 13.5 Å². The normalized spacial score (nSPS) is 23.8. The molecule has 1 aliphatic carbocycles. The van der Waals surface area contributed by atoms with E-state index in [2.05, 4.69) is 9.71 Å². The molecule has 1 heterocycles. The molecule has 1 aromatic heterocycles. The Morgan fingerprint density at radius 1 is 1.30 bits per heavy atom. The van der Waals surface area contributed by atoms with Gasteiger partial charge < -0.3 is 5.11 Å². The summed E-state index contributed by atoms with van der Waals surface area (Å²) in [5, 5.41) is 18.6. The van der Waals surface area contributed by atoms with Crippen molar-refractivity contribution < 1.29 is 13.5 Å². The lowest BCUT2D eigenvalue weighted by atomic mass is 10.1. The molecule has 7 heteroatoms. The average Bonchev–Trinajstić information content (AvgIpc) is 2.64. The molecule has 0 aromatic carbocycles. The van der Waals surface area contributed by atoms with Crippen LogP contribution in [0.3, 0.4) is 0 Å². The van der Waals surface area contributed by atoms with E-state index in [0.717, 1.165) is 25.5 Å². The van der Waals surface area contributed by atoms with Crippen molar-refractivity contribution in [2.45, 2.75) is 49.1 Å². The second-order valence-electron chi connectivity index (χ2n) is 4.92. The Morgan fingerprint density at radius 3 is 2.70 bits per heavy atom. The molecule has 0 bridgehead atoms. The zero-order valence-electron chi connectivity index (χ0n) is 11.0. The number of hydrogen-bond acceptors (Lipinski definition) is 5. The van der Waals surface area contributed by atoms with Gasteiger partial charge in [-0.25, -0.2) is 18.1 Å². The lowest BCUT2D eigenvalue weighted by Gasteiger charge is -2.21. The summed E-state index contributed by atoms with van der Waals surface area (Å²) in [7, 11) is -3.72. The first-order valence-electron chi connectivity index (χ1n) is 6.59.